The quantitative estimate of drug-likeness (QED) is 0.926. The number of nitrogens with one attached hydrogen (secondary N) is 1. The molecule has 5 heteroatoms. The van der Waals surface area contributed by atoms with Gasteiger partial charge in [-0.2, -0.15) is 0 Å². The Kier molecular flexibility index (Phi) is 3.58. The molecule has 5 nitrogen and oxygen atoms in total. The van der Waals surface area contributed by atoms with Gasteiger partial charge in [0.2, 0.25) is 0 Å². The normalized spacial score (nSPS) is 23.3. The summed E-state index contributed by atoms with van der Waals surface area (Å²) < 4.78 is 5.52. The number of aromatic nitrogens is 2. The zero-order valence-electron chi connectivity index (χ0n) is 12.6. The van der Waals surface area contributed by atoms with Gasteiger partial charge in [-0.1, -0.05) is 0 Å². The summed E-state index contributed by atoms with van der Waals surface area (Å²) in [5, 5.41) is 0. The number of pyridine rings is 1. The van der Waals surface area contributed by atoms with Crippen molar-refractivity contribution in [3.05, 3.63) is 30.1 Å². The van der Waals surface area contributed by atoms with Gasteiger partial charge in [0.15, 0.2) is 0 Å². The third-order valence-corrected chi connectivity index (χ3v) is 4.92. The van der Waals surface area contributed by atoms with Crippen molar-refractivity contribution in [3.63, 3.8) is 0 Å². The van der Waals surface area contributed by atoms with Crippen molar-refractivity contribution in [2.75, 3.05) is 19.7 Å². The molecule has 2 aromatic rings. The lowest BCUT2D eigenvalue weighted by Gasteiger charge is -2.33. The average Bonchev–Trinajstić information content (AvgIpc) is 3.24. The van der Waals surface area contributed by atoms with Gasteiger partial charge in [0, 0.05) is 32.1 Å². The molecular formula is C17H21N3O2. The van der Waals surface area contributed by atoms with E-state index in [4.69, 9.17) is 4.74 Å². The number of aromatic amines is 1. The Labute approximate surface area is 129 Å². The maximum atomic E-state index is 12.4. The van der Waals surface area contributed by atoms with Crippen LogP contribution in [0.1, 0.15) is 37.2 Å². The fourth-order valence-electron chi connectivity index (χ4n) is 3.67. The summed E-state index contributed by atoms with van der Waals surface area (Å²) in [6.45, 7) is 2.37. The van der Waals surface area contributed by atoms with E-state index >= 15 is 0 Å². The van der Waals surface area contributed by atoms with E-state index in [-0.39, 0.29) is 12.0 Å². The molecule has 4 rings (SSSR count). The number of piperidine rings is 1. The van der Waals surface area contributed by atoms with Crippen LogP contribution in [-0.4, -0.2) is 46.6 Å². The first-order chi connectivity index (χ1) is 10.8. The van der Waals surface area contributed by atoms with Crippen LogP contribution in [0, 0.1) is 0 Å². The Hall–Kier alpha value is -1.88. The van der Waals surface area contributed by atoms with E-state index in [1.807, 2.05) is 17.2 Å². The third-order valence-electron chi connectivity index (χ3n) is 4.92. The summed E-state index contributed by atoms with van der Waals surface area (Å²) >= 11 is 0. The second kappa shape index (κ2) is 5.72. The van der Waals surface area contributed by atoms with Gasteiger partial charge in [-0.3, -0.25) is 9.78 Å². The summed E-state index contributed by atoms with van der Waals surface area (Å²) in [6, 6.07) is 4.01. The van der Waals surface area contributed by atoms with Gasteiger partial charge in [-0.25, -0.2) is 0 Å². The SMILES string of the molecule is O=C(C1CCCO1)N1CCC(c2c[nH]c3cccnc23)CC1. The maximum absolute atomic E-state index is 12.4. The highest BCUT2D eigenvalue weighted by Gasteiger charge is 2.31. The molecule has 1 unspecified atom stereocenters. The van der Waals surface area contributed by atoms with E-state index in [1.54, 1.807) is 0 Å². The summed E-state index contributed by atoms with van der Waals surface area (Å²) in [4.78, 5) is 22.2. The number of amides is 1. The van der Waals surface area contributed by atoms with Gasteiger partial charge >= 0.3 is 0 Å². The van der Waals surface area contributed by atoms with Crippen molar-refractivity contribution in [2.45, 2.75) is 37.7 Å². The first-order valence-electron chi connectivity index (χ1n) is 8.15. The highest BCUT2D eigenvalue weighted by Crippen LogP contribution is 2.32. The molecule has 2 aromatic heterocycles. The maximum Gasteiger partial charge on any atom is 0.251 e. The number of carbonyl (C=O) groups excluding carboxylic acids is 1. The molecule has 2 saturated heterocycles. The monoisotopic (exact) mass is 299 g/mol. The third kappa shape index (κ3) is 2.39. The fourth-order valence-corrected chi connectivity index (χ4v) is 3.67. The largest absolute Gasteiger partial charge is 0.368 e. The van der Waals surface area contributed by atoms with Gasteiger partial charge in [-0.15, -0.1) is 0 Å². The summed E-state index contributed by atoms with van der Waals surface area (Å²) in [5.41, 5.74) is 3.46. The molecule has 22 heavy (non-hydrogen) atoms. The van der Waals surface area contributed by atoms with E-state index in [2.05, 4.69) is 22.2 Å². The summed E-state index contributed by atoms with van der Waals surface area (Å²) in [6.07, 6.45) is 7.63. The van der Waals surface area contributed by atoms with E-state index in [0.29, 0.717) is 5.92 Å². The van der Waals surface area contributed by atoms with Crippen LogP contribution in [0.4, 0.5) is 0 Å². The van der Waals surface area contributed by atoms with Crippen LogP contribution in [0.15, 0.2) is 24.5 Å². The zero-order chi connectivity index (χ0) is 14.9. The molecule has 0 spiro atoms. The van der Waals surface area contributed by atoms with E-state index < -0.39 is 0 Å². The molecule has 1 atom stereocenters. The predicted octanol–water partition coefficient (Wildman–Crippen LogP) is 2.45. The molecule has 2 fully saturated rings. The molecule has 0 aliphatic carbocycles. The minimum absolute atomic E-state index is 0.188. The molecular weight excluding hydrogens is 278 g/mol. The Morgan fingerprint density at radius 1 is 1.32 bits per heavy atom. The Bertz CT molecular complexity index is 667. The standard InChI is InChI=1S/C17H21N3O2/c21-17(15-4-2-10-22-15)20-8-5-12(6-9-20)13-11-19-14-3-1-7-18-16(13)14/h1,3,7,11-12,15,19H,2,4-6,8-10H2. The molecule has 1 amide bonds. The van der Waals surface area contributed by atoms with Crippen LogP contribution >= 0.6 is 0 Å². The molecule has 0 aromatic carbocycles. The van der Waals surface area contributed by atoms with Crippen molar-refractivity contribution in [2.24, 2.45) is 0 Å². The number of hydrogen-bond acceptors (Lipinski definition) is 3. The van der Waals surface area contributed by atoms with Crippen LogP contribution in [0.5, 0.6) is 0 Å². The Morgan fingerprint density at radius 3 is 2.95 bits per heavy atom. The lowest BCUT2D eigenvalue weighted by Crippen LogP contribution is -2.43. The van der Waals surface area contributed by atoms with E-state index in [1.165, 1.54) is 5.56 Å². The van der Waals surface area contributed by atoms with Gasteiger partial charge in [0.05, 0.1) is 11.0 Å². The number of carbonyl (C=O) groups is 1. The Morgan fingerprint density at radius 2 is 2.18 bits per heavy atom. The topological polar surface area (TPSA) is 58.2 Å². The second-order valence-corrected chi connectivity index (χ2v) is 6.24. The van der Waals surface area contributed by atoms with Gasteiger partial charge in [0.25, 0.3) is 5.91 Å². The molecule has 2 aliphatic rings. The molecule has 4 heterocycles. The van der Waals surface area contributed by atoms with E-state index in [9.17, 15) is 4.79 Å². The zero-order valence-corrected chi connectivity index (χ0v) is 12.6. The molecule has 1 N–H and O–H groups in total. The van der Waals surface area contributed by atoms with Crippen LogP contribution in [0.25, 0.3) is 11.0 Å². The van der Waals surface area contributed by atoms with Gasteiger partial charge in [0.1, 0.15) is 6.10 Å². The minimum Gasteiger partial charge on any atom is -0.368 e. The summed E-state index contributed by atoms with van der Waals surface area (Å²) in [5.74, 6) is 0.671. The summed E-state index contributed by atoms with van der Waals surface area (Å²) in [7, 11) is 0. The van der Waals surface area contributed by atoms with Gasteiger partial charge in [-0.05, 0) is 49.3 Å². The number of likely N-dealkylation sites (tertiary alicyclic amines) is 1. The van der Waals surface area contributed by atoms with Crippen LogP contribution in [0.3, 0.4) is 0 Å². The van der Waals surface area contributed by atoms with Crippen molar-refractivity contribution < 1.29 is 9.53 Å². The minimum atomic E-state index is -0.189. The van der Waals surface area contributed by atoms with Crippen molar-refractivity contribution in [1.82, 2.24) is 14.9 Å². The number of nitrogens with zero attached hydrogens (tertiary/aromatic N) is 2. The smallest absolute Gasteiger partial charge is 0.251 e. The number of rotatable bonds is 2. The highest BCUT2D eigenvalue weighted by atomic mass is 16.5. The first kappa shape index (κ1) is 13.8. The number of H-pyrrole nitrogens is 1. The molecule has 2 aliphatic heterocycles. The average molecular weight is 299 g/mol. The van der Waals surface area contributed by atoms with Crippen LogP contribution in [0.2, 0.25) is 0 Å². The number of hydrogen-bond donors (Lipinski definition) is 1. The molecule has 0 bridgehead atoms. The first-order valence-corrected chi connectivity index (χ1v) is 8.15. The number of ether oxygens (including phenoxy) is 1. The van der Waals surface area contributed by atoms with Crippen LogP contribution < -0.4 is 0 Å². The lowest BCUT2D eigenvalue weighted by molar-refractivity contribution is -0.142. The van der Waals surface area contributed by atoms with Gasteiger partial charge < -0.3 is 14.6 Å². The predicted molar refractivity (Wildman–Crippen MR) is 83.6 cm³/mol. The highest BCUT2D eigenvalue weighted by molar-refractivity contribution is 5.81. The lowest BCUT2D eigenvalue weighted by atomic mass is 9.90. The van der Waals surface area contributed by atoms with E-state index in [0.717, 1.165) is 56.4 Å². The van der Waals surface area contributed by atoms with Crippen molar-refractivity contribution in [1.29, 1.82) is 0 Å². The van der Waals surface area contributed by atoms with Crippen LogP contribution in [-0.2, 0) is 9.53 Å². The molecule has 116 valence electrons. The molecule has 0 saturated carbocycles. The fraction of sp³-hybridized carbons (Fsp3) is 0.529. The number of fused-ring (bicyclic) bond motifs is 1. The second-order valence-electron chi connectivity index (χ2n) is 6.24. The Balaban J connectivity index is 1.44. The van der Waals surface area contributed by atoms with Crippen molar-refractivity contribution in [3.8, 4) is 0 Å². The molecule has 0 radical (unpaired) electrons. The van der Waals surface area contributed by atoms with Crippen molar-refractivity contribution >= 4 is 16.9 Å².